The molecule has 4 heteroatoms. The quantitative estimate of drug-likeness (QED) is 0.763. The van der Waals surface area contributed by atoms with Crippen LogP contribution in [0.3, 0.4) is 0 Å². The van der Waals surface area contributed by atoms with Crippen LogP contribution in [0.25, 0.3) is 0 Å². The maximum absolute atomic E-state index is 13.3. The smallest absolute Gasteiger partial charge is 0.124 e. The molecular weight excluding hydrogens is 341 g/mol. The van der Waals surface area contributed by atoms with Crippen LogP contribution in [0.1, 0.15) is 30.5 Å². The van der Waals surface area contributed by atoms with E-state index in [9.17, 15) is 4.39 Å². The second-order valence-electron chi connectivity index (χ2n) is 4.57. The van der Waals surface area contributed by atoms with Crippen LogP contribution < -0.4 is 5.32 Å². The van der Waals surface area contributed by atoms with Crippen molar-refractivity contribution in [1.82, 2.24) is 5.32 Å². The summed E-state index contributed by atoms with van der Waals surface area (Å²) in [5, 5.41) is 4.17. The van der Waals surface area contributed by atoms with E-state index < -0.39 is 0 Å². The maximum atomic E-state index is 13.3. The summed E-state index contributed by atoms with van der Waals surface area (Å²) in [4.78, 5) is 0. The normalized spacial score (nSPS) is 12.4. The summed E-state index contributed by atoms with van der Waals surface area (Å²) in [5.41, 5.74) is 1.97. The highest BCUT2D eigenvalue weighted by atomic mass is 79.9. The molecule has 0 saturated heterocycles. The Morgan fingerprint density at radius 3 is 2.60 bits per heavy atom. The number of rotatable bonds is 5. The van der Waals surface area contributed by atoms with Gasteiger partial charge in [-0.25, -0.2) is 4.39 Å². The summed E-state index contributed by atoms with van der Waals surface area (Å²) in [5.74, 6) is -0.256. The lowest BCUT2D eigenvalue weighted by Crippen LogP contribution is -2.23. The first-order valence-electron chi connectivity index (χ1n) is 6.56. The van der Waals surface area contributed by atoms with Gasteiger partial charge in [0.2, 0.25) is 0 Å². The summed E-state index contributed by atoms with van der Waals surface area (Å²) in [6, 6.07) is 12.4. The lowest BCUT2D eigenvalue weighted by Gasteiger charge is -2.22. The molecule has 0 radical (unpaired) electrons. The third-order valence-electron chi connectivity index (χ3n) is 3.09. The van der Waals surface area contributed by atoms with Crippen molar-refractivity contribution in [3.63, 3.8) is 0 Å². The second-order valence-corrected chi connectivity index (χ2v) is 5.84. The van der Waals surface area contributed by atoms with Gasteiger partial charge in [-0.1, -0.05) is 58.7 Å². The Bertz CT molecular complexity index is 588. The molecular formula is C16H16BrClFN. The van der Waals surface area contributed by atoms with Gasteiger partial charge in [0.1, 0.15) is 5.82 Å². The van der Waals surface area contributed by atoms with Gasteiger partial charge in [0, 0.05) is 9.50 Å². The van der Waals surface area contributed by atoms with E-state index in [2.05, 4.69) is 28.2 Å². The number of hydrogen-bond acceptors (Lipinski definition) is 1. The van der Waals surface area contributed by atoms with E-state index in [-0.39, 0.29) is 11.9 Å². The van der Waals surface area contributed by atoms with Crippen LogP contribution >= 0.6 is 27.5 Å². The van der Waals surface area contributed by atoms with E-state index >= 15 is 0 Å². The summed E-state index contributed by atoms with van der Waals surface area (Å²) in [6.07, 6.45) is 1.01. The number of halogens is 3. The SMILES string of the molecule is CCCNC(c1ccccc1Cl)c1ccc(F)cc1Br. The molecule has 0 aliphatic rings. The first-order valence-corrected chi connectivity index (χ1v) is 7.73. The Morgan fingerprint density at radius 1 is 1.20 bits per heavy atom. The Labute approximate surface area is 132 Å². The highest BCUT2D eigenvalue weighted by molar-refractivity contribution is 9.10. The van der Waals surface area contributed by atoms with E-state index in [0.717, 1.165) is 28.6 Å². The Balaban J connectivity index is 2.44. The minimum atomic E-state index is -0.256. The minimum absolute atomic E-state index is 0.0568. The topological polar surface area (TPSA) is 12.0 Å². The first-order chi connectivity index (χ1) is 9.63. The van der Waals surface area contributed by atoms with Crippen LogP contribution in [0.2, 0.25) is 5.02 Å². The third-order valence-corrected chi connectivity index (χ3v) is 4.12. The van der Waals surface area contributed by atoms with Gasteiger partial charge < -0.3 is 5.32 Å². The summed E-state index contributed by atoms with van der Waals surface area (Å²) in [6.45, 7) is 2.97. The van der Waals surface area contributed by atoms with Crippen LogP contribution in [0.4, 0.5) is 4.39 Å². The molecule has 2 rings (SSSR count). The summed E-state index contributed by atoms with van der Waals surface area (Å²) >= 11 is 9.74. The standard InChI is InChI=1S/C16H16BrClFN/c1-2-9-20-16(13-5-3-4-6-15(13)18)12-8-7-11(19)10-14(12)17/h3-8,10,16,20H,2,9H2,1H3. The maximum Gasteiger partial charge on any atom is 0.124 e. The molecule has 0 spiro atoms. The van der Waals surface area contributed by atoms with E-state index in [1.807, 2.05) is 24.3 Å². The fourth-order valence-electron chi connectivity index (χ4n) is 2.12. The van der Waals surface area contributed by atoms with Crippen molar-refractivity contribution in [2.45, 2.75) is 19.4 Å². The van der Waals surface area contributed by atoms with Crippen molar-refractivity contribution in [3.05, 3.63) is 68.9 Å². The van der Waals surface area contributed by atoms with Gasteiger partial charge >= 0.3 is 0 Å². The van der Waals surface area contributed by atoms with Crippen LogP contribution in [-0.4, -0.2) is 6.54 Å². The highest BCUT2D eigenvalue weighted by Crippen LogP contribution is 2.32. The van der Waals surface area contributed by atoms with Gasteiger partial charge in [0.25, 0.3) is 0 Å². The van der Waals surface area contributed by atoms with Gasteiger partial charge in [-0.15, -0.1) is 0 Å². The van der Waals surface area contributed by atoms with Crippen molar-refractivity contribution < 1.29 is 4.39 Å². The third kappa shape index (κ3) is 3.60. The van der Waals surface area contributed by atoms with E-state index in [1.165, 1.54) is 12.1 Å². The Morgan fingerprint density at radius 2 is 1.95 bits per heavy atom. The van der Waals surface area contributed by atoms with Gasteiger partial charge in [-0.05, 0) is 42.3 Å². The lowest BCUT2D eigenvalue weighted by molar-refractivity contribution is 0.591. The van der Waals surface area contributed by atoms with Crippen molar-refractivity contribution in [1.29, 1.82) is 0 Å². The van der Waals surface area contributed by atoms with Crippen LogP contribution in [0, 0.1) is 5.82 Å². The Hall–Kier alpha value is -0.900. The van der Waals surface area contributed by atoms with Crippen molar-refractivity contribution in [2.75, 3.05) is 6.54 Å². The van der Waals surface area contributed by atoms with Crippen LogP contribution in [-0.2, 0) is 0 Å². The molecule has 106 valence electrons. The molecule has 0 fully saturated rings. The summed E-state index contributed by atoms with van der Waals surface area (Å²) in [7, 11) is 0. The molecule has 0 heterocycles. The van der Waals surface area contributed by atoms with E-state index in [1.54, 1.807) is 6.07 Å². The molecule has 0 aromatic heterocycles. The molecule has 1 N–H and O–H groups in total. The summed E-state index contributed by atoms with van der Waals surface area (Å²) < 4.78 is 14.0. The van der Waals surface area contributed by atoms with Gasteiger partial charge in [-0.3, -0.25) is 0 Å². The fourth-order valence-corrected chi connectivity index (χ4v) is 2.95. The number of hydrogen-bond donors (Lipinski definition) is 1. The average molecular weight is 357 g/mol. The average Bonchev–Trinajstić information content (AvgIpc) is 2.42. The molecule has 2 aromatic rings. The zero-order valence-electron chi connectivity index (χ0n) is 11.2. The lowest BCUT2D eigenvalue weighted by atomic mass is 9.98. The molecule has 20 heavy (non-hydrogen) atoms. The molecule has 2 aromatic carbocycles. The molecule has 1 atom stereocenters. The molecule has 0 aliphatic carbocycles. The molecule has 1 nitrogen and oxygen atoms in total. The zero-order valence-corrected chi connectivity index (χ0v) is 13.5. The largest absolute Gasteiger partial charge is 0.306 e. The van der Waals surface area contributed by atoms with Gasteiger partial charge in [0.05, 0.1) is 6.04 Å². The molecule has 0 amide bonds. The second kappa shape index (κ2) is 7.21. The van der Waals surface area contributed by atoms with Gasteiger partial charge in [0.15, 0.2) is 0 Å². The first kappa shape index (κ1) is 15.5. The van der Waals surface area contributed by atoms with Crippen LogP contribution in [0.15, 0.2) is 46.9 Å². The van der Waals surface area contributed by atoms with Crippen molar-refractivity contribution in [2.24, 2.45) is 0 Å². The van der Waals surface area contributed by atoms with Crippen molar-refractivity contribution >= 4 is 27.5 Å². The Kier molecular flexibility index (Phi) is 5.58. The zero-order chi connectivity index (χ0) is 14.5. The van der Waals surface area contributed by atoms with E-state index in [0.29, 0.717) is 5.02 Å². The van der Waals surface area contributed by atoms with Crippen LogP contribution in [0.5, 0.6) is 0 Å². The molecule has 1 unspecified atom stereocenters. The van der Waals surface area contributed by atoms with Gasteiger partial charge in [-0.2, -0.15) is 0 Å². The minimum Gasteiger partial charge on any atom is -0.306 e. The van der Waals surface area contributed by atoms with E-state index in [4.69, 9.17) is 11.6 Å². The molecule has 0 saturated carbocycles. The monoisotopic (exact) mass is 355 g/mol. The number of nitrogens with one attached hydrogen (secondary N) is 1. The highest BCUT2D eigenvalue weighted by Gasteiger charge is 2.18. The predicted molar refractivity (Wildman–Crippen MR) is 85.7 cm³/mol. The predicted octanol–water partition coefficient (Wildman–Crippen LogP) is 5.33. The molecule has 0 aliphatic heterocycles. The molecule has 0 bridgehead atoms. The number of benzene rings is 2. The van der Waals surface area contributed by atoms with Crippen molar-refractivity contribution in [3.8, 4) is 0 Å². The fraction of sp³-hybridized carbons (Fsp3) is 0.250.